The van der Waals surface area contributed by atoms with Gasteiger partial charge < -0.3 is 4.90 Å². The summed E-state index contributed by atoms with van der Waals surface area (Å²) in [5.41, 5.74) is 0. The SMILES string of the molecule is CCCCCN1CCN(C(C)C)C(=O)C1. The molecule has 0 aromatic rings. The van der Waals surface area contributed by atoms with Gasteiger partial charge in [0, 0.05) is 19.1 Å². The van der Waals surface area contributed by atoms with E-state index in [9.17, 15) is 4.79 Å². The van der Waals surface area contributed by atoms with Gasteiger partial charge in [-0.25, -0.2) is 0 Å². The number of amides is 1. The van der Waals surface area contributed by atoms with Crippen molar-refractivity contribution in [3.63, 3.8) is 0 Å². The summed E-state index contributed by atoms with van der Waals surface area (Å²) >= 11 is 0. The Kier molecular flexibility index (Phi) is 5.09. The molecule has 0 radical (unpaired) electrons. The standard InChI is InChI=1S/C12H24N2O/c1-4-5-6-7-13-8-9-14(11(2)3)12(15)10-13/h11H,4-10H2,1-3H3. The lowest BCUT2D eigenvalue weighted by atomic mass is 10.2. The number of nitrogens with zero attached hydrogens (tertiary/aromatic N) is 2. The van der Waals surface area contributed by atoms with E-state index in [2.05, 4.69) is 25.7 Å². The van der Waals surface area contributed by atoms with Gasteiger partial charge in [-0.1, -0.05) is 19.8 Å². The summed E-state index contributed by atoms with van der Waals surface area (Å²) in [5.74, 6) is 0.299. The van der Waals surface area contributed by atoms with Crippen molar-refractivity contribution in [2.75, 3.05) is 26.2 Å². The van der Waals surface area contributed by atoms with Gasteiger partial charge in [0.25, 0.3) is 0 Å². The van der Waals surface area contributed by atoms with Crippen LogP contribution in [-0.4, -0.2) is 47.9 Å². The van der Waals surface area contributed by atoms with Crippen molar-refractivity contribution in [3.8, 4) is 0 Å². The Bertz CT molecular complexity index is 204. The van der Waals surface area contributed by atoms with E-state index < -0.39 is 0 Å². The molecule has 0 N–H and O–H groups in total. The molecule has 88 valence electrons. The maximum atomic E-state index is 11.8. The Morgan fingerprint density at radius 1 is 1.27 bits per heavy atom. The summed E-state index contributed by atoms with van der Waals surface area (Å²) < 4.78 is 0. The Labute approximate surface area is 93.4 Å². The van der Waals surface area contributed by atoms with Gasteiger partial charge in [0.2, 0.25) is 5.91 Å². The first kappa shape index (κ1) is 12.5. The zero-order chi connectivity index (χ0) is 11.3. The van der Waals surface area contributed by atoms with E-state index in [0.29, 0.717) is 18.5 Å². The molecule has 0 bridgehead atoms. The number of carbonyl (C=O) groups excluding carboxylic acids is 1. The number of carbonyl (C=O) groups is 1. The molecular formula is C12H24N2O. The number of piperazine rings is 1. The average Bonchev–Trinajstić information content (AvgIpc) is 2.17. The van der Waals surface area contributed by atoms with Crippen molar-refractivity contribution < 1.29 is 4.79 Å². The van der Waals surface area contributed by atoms with Crippen LogP contribution >= 0.6 is 0 Å². The molecule has 1 fully saturated rings. The third-order valence-electron chi connectivity index (χ3n) is 3.04. The minimum atomic E-state index is 0.299. The molecule has 0 unspecified atom stereocenters. The molecule has 15 heavy (non-hydrogen) atoms. The Morgan fingerprint density at radius 3 is 2.53 bits per heavy atom. The largest absolute Gasteiger partial charge is 0.338 e. The second kappa shape index (κ2) is 6.11. The summed E-state index contributed by atoms with van der Waals surface area (Å²) in [5, 5.41) is 0. The molecule has 1 amide bonds. The molecule has 0 aliphatic carbocycles. The number of rotatable bonds is 5. The molecular weight excluding hydrogens is 188 g/mol. The van der Waals surface area contributed by atoms with Gasteiger partial charge in [0.15, 0.2) is 0 Å². The van der Waals surface area contributed by atoms with Crippen molar-refractivity contribution in [1.82, 2.24) is 9.80 Å². The van der Waals surface area contributed by atoms with E-state index >= 15 is 0 Å². The maximum absolute atomic E-state index is 11.8. The van der Waals surface area contributed by atoms with Crippen LogP contribution in [0.4, 0.5) is 0 Å². The smallest absolute Gasteiger partial charge is 0.237 e. The van der Waals surface area contributed by atoms with Gasteiger partial charge in [0.1, 0.15) is 0 Å². The highest BCUT2D eigenvalue weighted by atomic mass is 16.2. The molecule has 0 aromatic heterocycles. The molecule has 3 heteroatoms. The Hall–Kier alpha value is -0.570. The fraction of sp³-hybridized carbons (Fsp3) is 0.917. The monoisotopic (exact) mass is 212 g/mol. The lowest BCUT2D eigenvalue weighted by molar-refractivity contribution is -0.137. The topological polar surface area (TPSA) is 23.6 Å². The highest BCUT2D eigenvalue weighted by molar-refractivity contribution is 5.79. The minimum absolute atomic E-state index is 0.299. The molecule has 1 aliphatic rings. The highest BCUT2D eigenvalue weighted by Crippen LogP contribution is 2.08. The molecule has 1 saturated heterocycles. The molecule has 0 saturated carbocycles. The molecule has 1 aliphatic heterocycles. The fourth-order valence-corrected chi connectivity index (χ4v) is 2.06. The Morgan fingerprint density at radius 2 is 2.00 bits per heavy atom. The van der Waals surface area contributed by atoms with E-state index in [1.54, 1.807) is 0 Å². The van der Waals surface area contributed by atoms with Crippen LogP contribution in [0, 0.1) is 0 Å². The second-order valence-electron chi connectivity index (χ2n) is 4.66. The van der Waals surface area contributed by atoms with Gasteiger partial charge in [-0.15, -0.1) is 0 Å². The van der Waals surface area contributed by atoms with Gasteiger partial charge in [-0.3, -0.25) is 9.69 Å². The van der Waals surface area contributed by atoms with Crippen molar-refractivity contribution in [2.45, 2.75) is 46.1 Å². The zero-order valence-corrected chi connectivity index (χ0v) is 10.3. The second-order valence-corrected chi connectivity index (χ2v) is 4.66. The third-order valence-corrected chi connectivity index (χ3v) is 3.04. The maximum Gasteiger partial charge on any atom is 0.237 e. The lowest BCUT2D eigenvalue weighted by Crippen LogP contribution is -2.52. The van der Waals surface area contributed by atoms with Gasteiger partial charge in [-0.2, -0.15) is 0 Å². The predicted octanol–water partition coefficient (Wildman–Crippen LogP) is 1.73. The average molecular weight is 212 g/mol. The van der Waals surface area contributed by atoms with E-state index in [1.807, 2.05) is 4.90 Å². The normalized spacial score (nSPS) is 18.9. The zero-order valence-electron chi connectivity index (χ0n) is 10.3. The van der Waals surface area contributed by atoms with Crippen LogP contribution in [0.3, 0.4) is 0 Å². The first-order valence-corrected chi connectivity index (χ1v) is 6.17. The first-order chi connectivity index (χ1) is 7.15. The summed E-state index contributed by atoms with van der Waals surface area (Å²) in [6.45, 7) is 10.1. The summed E-state index contributed by atoms with van der Waals surface area (Å²) in [6.07, 6.45) is 3.75. The molecule has 0 spiro atoms. The van der Waals surface area contributed by atoms with Crippen LogP contribution in [0.15, 0.2) is 0 Å². The highest BCUT2D eigenvalue weighted by Gasteiger charge is 2.24. The van der Waals surface area contributed by atoms with Crippen LogP contribution in [-0.2, 0) is 4.79 Å². The van der Waals surface area contributed by atoms with Crippen molar-refractivity contribution >= 4 is 5.91 Å². The van der Waals surface area contributed by atoms with E-state index in [4.69, 9.17) is 0 Å². The summed E-state index contributed by atoms with van der Waals surface area (Å²) in [6, 6.07) is 0.357. The number of hydrogen-bond acceptors (Lipinski definition) is 2. The molecule has 0 aromatic carbocycles. The molecule has 3 nitrogen and oxygen atoms in total. The molecule has 1 rings (SSSR count). The summed E-state index contributed by atoms with van der Waals surface area (Å²) in [4.78, 5) is 16.0. The molecule has 0 atom stereocenters. The van der Waals surface area contributed by atoms with E-state index in [0.717, 1.165) is 19.6 Å². The third kappa shape index (κ3) is 3.82. The van der Waals surface area contributed by atoms with Crippen LogP contribution in [0.25, 0.3) is 0 Å². The lowest BCUT2D eigenvalue weighted by Gasteiger charge is -2.36. The van der Waals surface area contributed by atoms with Crippen LogP contribution in [0.2, 0.25) is 0 Å². The minimum Gasteiger partial charge on any atom is -0.338 e. The first-order valence-electron chi connectivity index (χ1n) is 6.17. The van der Waals surface area contributed by atoms with Gasteiger partial charge in [-0.05, 0) is 26.8 Å². The van der Waals surface area contributed by atoms with Crippen molar-refractivity contribution in [1.29, 1.82) is 0 Å². The molecule has 1 heterocycles. The predicted molar refractivity (Wildman–Crippen MR) is 62.8 cm³/mol. The van der Waals surface area contributed by atoms with Gasteiger partial charge in [0.05, 0.1) is 6.54 Å². The van der Waals surface area contributed by atoms with Crippen LogP contribution in [0.5, 0.6) is 0 Å². The fourth-order valence-electron chi connectivity index (χ4n) is 2.06. The van der Waals surface area contributed by atoms with Crippen molar-refractivity contribution in [2.24, 2.45) is 0 Å². The van der Waals surface area contributed by atoms with Gasteiger partial charge >= 0.3 is 0 Å². The van der Waals surface area contributed by atoms with Crippen LogP contribution in [0.1, 0.15) is 40.0 Å². The Balaban J connectivity index is 2.28. The number of hydrogen-bond donors (Lipinski definition) is 0. The van der Waals surface area contributed by atoms with Crippen molar-refractivity contribution in [3.05, 3.63) is 0 Å². The van der Waals surface area contributed by atoms with Crippen LogP contribution < -0.4 is 0 Å². The van der Waals surface area contributed by atoms with E-state index in [-0.39, 0.29) is 0 Å². The number of unbranched alkanes of at least 4 members (excludes halogenated alkanes) is 2. The van der Waals surface area contributed by atoms with E-state index in [1.165, 1.54) is 19.3 Å². The summed E-state index contributed by atoms with van der Waals surface area (Å²) in [7, 11) is 0. The quantitative estimate of drug-likeness (QED) is 0.648.